The van der Waals surface area contributed by atoms with Crippen molar-refractivity contribution in [3.63, 3.8) is 0 Å². The van der Waals surface area contributed by atoms with E-state index in [1.165, 1.54) is 0 Å². The maximum atomic E-state index is 10.8. The average Bonchev–Trinajstić information content (AvgIpc) is 2.17. The summed E-state index contributed by atoms with van der Waals surface area (Å²) in [6.45, 7) is 0. The molecule has 64 valence electrons. The van der Waals surface area contributed by atoms with Gasteiger partial charge in [0.15, 0.2) is 0 Å². The third-order valence-electron chi connectivity index (χ3n) is 1.70. The third-order valence-corrected chi connectivity index (χ3v) is 1.89. The number of halogens is 1. The van der Waals surface area contributed by atoms with Gasteiger partial charge in [0, 0.05) is 11.6 Å². The second kappa shape index (κ2) is 3.11. The van der Waals surface area contributed by atoms with Gasteiger partial charge in [0.25, 0.3) is 5.24 Å². The summed E-state index contributed by atoms with van der Waals surface area (Å²) in [4.78, 5) is 18.7. The van der Waals surface area contributed by atoms with E-state index in [1.807, 2.05) is 6.07 Å². The maximum Gasteiger partial charge on any atom is 0.270 e. The van der Waals surface area contributed by atoms with Gasteiger partial charge in [0.1, 0.15) is 5.69 Å². The molecule has 4 heteroatoms. The fourth-order valence-corrected chi connectivity index (χ4v) is 1.18. The predicted molar refractivity (Wildman–Crippen MR) is 49.7 cm³/mol. The fraction of sp³-hybridized carbons (Fsp3) is 0. The smallest absolute Gasteiger partial charge is 0.270 e. The molecule has 0 bridgehead atoms. The van der Waals surface area contributed by atoms with Crippen LogP contribution in [0.15, 0.2) is 30.6 Å². The van der Waals surface area contributed by atoms with E-state index in [4.69, 9.17) is 11.6 Å². The Bertz CT molecular complexity index is 470. The summed E-state index contributed by atoms with van der Waals surface area (Å²) in [6.07, 6.45) is 3.27. The monoisotopic (exact) mass is 192 g/mol. The summed E-state index contributed by atoms with van der Waals surface area (Å²) in [5.41, 5.74) is 0.927. The van der Waals surface area contributed by atoms with Crippen LogP contribution in [0.4, 0.5) is 0 Å². The molecule has 0 aliphatic heterocycles. The van der Waals surface area contributed by atoms with Crippen LogP contribution >= 0.6 is 11.6 Å². The van der Waals surface area contributed by atoms with Crippen LogP contribution in [0.2, 0.25) is 0 Å². The van der Waals surface area contributed by atoms with E-state index in [9.17, 15) is 4.79 Å². The van der Waals surface area contributed by atoms with Gasteiger partial charge in [0.2, 0.25) is 0 Å². The summed E-state index contributed by atoms with van der Waals surface area (Å²) in [5, 5.41) is 0.391. The highest BCUT2D eigenvalue weighted by Gasteiger charge is 2.03. The van der Waals surface area contributed by atoms with E-state index >= 15 is 0 Å². The second-order valence-electron chi connectivity index (χ2n) is 2.54. The first-order valence-corrected chi connectivity index (χ1v) is 4.06. The van der Waals surface area contributed by atoms with Crippen LogP contribution in [0.1, 0.15) is 10.5 Å². The van der Waals surface area contributed by atoms with Gasteiger partial charge < -0.3 is 0 Å². The van der Waals surface area contributed by atoms with Crippen molar-refractivity contribution in [2.24, 2.45) is 0 Å². The molecule has 0 saturated carbocycles. The molecule has 0 aromatic carbocycles. The van der Waals surface area contributed by atoms with Gasteiger partial charge >= 0.3 is 0 Å². The Morgan fingerprint density at radius 2 is 2.15 bits per heavy atom. The van der Waals surface area contributed by atoms with Crippen LogP contribution in [0.3, 0.4) is 0 Å². The number of carbonyl (C=O) groups excluding carboxylic acids is 1. The number of fused-ring (bicyclic) bond motifs is 1. The molecule has 0 aliphatic carbocycles. The van der Waals surface area contributed by atoms with Crippen LogP contribution in [0.5, 0.6) is 0 Å². The van der Waals surface area contributed by atoms with Gasteiger partial charge in [-0.15, -0.1) is 0 Å². The molecule has 0 N–H and O–H groups in total. The van der Waals surface area contributed by atoms with Crippen LogP contribution in [0.25, 0.3) is 10.9 Å². The molecule has 13 heavy (non-hydrogen) atoms. The van der Waals surface area contributed by atoms with Crippen molar-refractivity contribution in [2.75, 3.05) is 0 Å². The number of hydrogen-bond donors (Lipinski definition) is 0. The van der Waals surface area contributed by atoms with Crippen molar-refractivity contribution in [2.45, 2.75) is 0 Å². The van der Waals surface area contributed by atoms with E-state index in [-0.39, 0.29) is 5.69 Å². The van der Waals surface area contributed by atoms with Crippen molar-refractivity contribution in [3.05, 3.63) is 36.3 Å². The van der Waals surface area contributed by atoms with Crippen LogP contribution in [-0.4, -0.2) is 15.2 Å². The number of pyridine rings is 2. The molecular formula is C9H5ClN2O. The normalized spacial score (nSPS) is 10.2. The lowest BCUT2D eigenvalue weighted by Crippen LogP contribution is -1.93. The topological polar surface area (TPSA) is 42.9 Å². The minimum absolute atomic E-state index is 0.252. The molecule has 0 atom stereocenters. The first-order chi connectivity index (χ1) is 6.27. The highest BCUT2D eigenvalue weighted by Crippen LogP contribution is 2.11. The van der Waals surface area contributed by atoms with Crippen molar-refractivity contribution < 1.29 is 4.79 Å². The molecule has 2 rings (SSSR count). The first kappa shape index (κ1) is 8.13. The molecule has 2 heterocycles. The van der Waals surface area contributed by atoms with Crippen molar-refractivity contribution in [1.29, 1.82) is 0 Å². The molecule has 0 amide bonds. The Hall–Kier alpha value is -1.48. The zero-order valence-corrected chi connectivity index (χ0v) is 7.32. The maximum absolute atomic E-state index is 10.8. The Balaban J connectivity index is 2.69. The van der Waals surface area contributed by atoms with E-state index in [0.29, 0.717) is 5.52 Å². The lowest BCUT2D eigenvalue weighted by molar-refractivity contribution is 0.107. The van der Waals surface area contributed by atoms with Gasteiger partial charge in [-0.25, -0.2) is 4.98 Å². The van der Waals surface area contributed by atoms with Gasteiger partial charge in [0.05, 0.1) is 11.7 Å². The van der Waals surface area contributed by atoms with E-state index in [0.717, 1.165) is 5.39 Å². The minimum atomic E-state index is -0.550. The Morgan fingerprint density at radius 3 is 2.92 bits per heavy atom. The molecular weight excluding hydrogens is 188 g/mol. The van der Waals surface area contributed by atoms with Crippen molar-refractivity contribution in [3.8, 4) is 0 Å². The number of aromatic nitrogens is 2. The molecule has 2 aromatic heterocycles. The SMILES string of the molecule is O=C(Cl)c1ccc2ccncc2n1. The third kappa shape index (κ3) is 1.51. The van der Waals surface area contributed by atoms with Crippen molar-refractivity contribution in [1.82, 2.24) is 9.97 Å². The highest BCUT2D eigenvalue weighted by atomic mass is 35.5. The number of rotatable bonds is 1. The van der Waals surface area contributed by atoms with Crippen LogP contribution < -0.4 is 0 Å². The molecule has 0 fully saturated rings. The van der Waals surface area contributed by atoms with Crippen LogP contribution in [-0.2, 0) is 0 Å². The zero-order chi connectivity index (χ0) is 9.26. The number of carbonyl (C=O) groups is 1. The largest absolute Gasteiger partial charge is 0.274 e. The van der Waals surface area contributed by atoms with Crippen molar-refractivity contribution >= 4 is 27.7 Å². The minimum Gasteiger partial charge on any atom is -0.274 e. The van der Waals surface area contributed by atoms with Gasteiger partial charge in [-0.2, -0.15) is 0 Å². The van der Waals surface area contributed by atoms with E-state index in [2.05, 4.69) is 9.97 Å². The fourth-order valence-electron chi connectivity index (χ4n) is 1.08. The molecule has 3 nitrogen and oxygen atoms in total. The van der Waals surface area contributed by atoms with Crippen LogP contribution in [0, 0.1) is 0 Å². The summed E-state index contributed by atoms with van der Waals surface area (Å²) in [5.74, 6) is 0. The van der Waals surface area contributed by atoms with Gasteiger partial charge in [-0.1, -0.05) is 6.07 Å². The summed E-state index contributed by atoms with van der Waals surface area (Å²) in [6, 6.07) is 5.21. The quantitative estimate of drug-likeness (QED) is 0.650. The standard InChI is InChI=1S/C9H5ClN2O/c10-9(13)7-2-1-6-3-4-11-5-8(6)12-7/h1-5H. The lowest BCUT2D eigenvalue weighted by atomic mass is 10.2. The second-order valence-corrected chi connectivity index (χ2v) is 2.88. The lowest BCUT2D eigenvalue weighted by Gasteiger charge is -1.96. The number of hydrogen-bond acceptors (Lipinski definition) is 3. The number of nitrogens with zero attached hydrogens (tertiary/aromatic N) is 2. The molecule has 0 aliphatic rings. The highest BCUT2D eigenvalue weighted by molar-refractivity contribution is 6.67. The summed E-state index contributed by atoms with van der Waals surface area (Å²) < 4.78 is 0. The van der Waals surface area contributed by atoms with Gasteiger partial charge in [-0.3, -0.25) is 9.78 Å². The molecule has 0 radical (unpaired) electrons. The van der Waals surface area contributed by atoms with Gasteiger partial charge in [-0.05, 0) is 23.7 Å². The first-order valence-electron chi connectivity index (χ1n) is 3.68. The Kier molecular flexibility index (Phi) is 1.94. The van der Waals surface area contributed by atoms with E-state index in [1.54, 1.807) is 24.5 Å². The average molecular weight is 193 g/mol. The molecule has 2 aromatic rings. The summed E-state index contributed by atoms with van der Waals surface area (Å²) >= 11 is 5.28. The molecule has 0 spiro atoms. The molecule has 0 saturated heterocycles. The predicted octanol–water partition coefficient (Wildman–Crippen LogP) is 2.01. The molecule has 0 unspecified atom stereocenters. The summed E-state index contributed by atoms with van der Waals surface area (Å²) in [7, 11) is 0. The zero-order valence-electron chi connectivity index (χ0n) is 6.57. The Labute approximate surface area is 79.4 Å². The Morgan fingerprint density at radius 1 is 1.31 bits per heavy atom. The van der Waals surface area contributed by atoms with E-state index < -0.39 is 5.24 Å².